The van der Waals surface area contributed by atoms with E-state index in [9.17, 15) is 9.90 Å². The Morgan fingerprint density at radius 3 is 2.67 bits per heavy atom. The van der Waals surface area contributed by atoms with Gasteiger partial charge in [0, 0.05) is 5.57 Å². The molecular weight excluding hydrogens is 266 g/mol. The topological polar surface area (TPSA) is 62.5 Å². The standard InChI is InChI=1S/C17H19NO3/c1-12-5-7-14(8-6-12)10-13(2)17(20)18-11-15(19)16-4-3-9-21-16/h3-10,15,19H,11H2,1-2H3,(H,18,20)/b13-10-. The van der Waals surface area contributed by atoms with Crippen molar-refractivity contribution >= 4 is 12.0 Å². The maximum atomic E-state index is 12.0. The number of rotatable bonds is 5. The van der Waals surface area contributed by atoms with Gasteiger partial charge in [0.05, 0.1) is 12.8 Å². The Hall–Kier alpha value is -2.33. The number of furan rings is 1. The van der Waals surface area contributed by atoms with Crippen LogP contribution in [-0.2, 0) is 4.79 Å². The molecule has 1 unspecified atom stereocenters. The number of nitrogens with one attached hydrogen (secondary N) is 1. The van der Waals surface area contributed by atoms with Gasteiger partial charge in [0.25, 0.3) is 0 Å². The van der Waals surface area contributed by atoms with Gasteiger partial charge in [-0.15, -0.1) is 0 Å². The van der Waals surface area contributed by atoms with Gasteiger partial charge in [-0.2, -0.15) is 0 Å². The first-order chi connectivity index (χ1) is 10.1. The maximum Gasteiger partial charge on any atom is 0.247 e. The van der Waals surface area contributed by atoms with Crippen molar-refractivity contribution in [1.29, 1.82) is 0 Å². The average Bonchev–Trinajstić information content (AvgIpc) is 3.01. The molecule has 0 radical (unpaired) electrons. The van der Waals surface area contributed by atoms with Crippen molar-refractivity contribution in [3.05, 3.63) is 65.1 Å². The number of amides is 1. The monoisotopic (exact) mass is 285 g/mol. The number of benzene rings is 1. The van der Waals surface area contributed by atoms with Crippen molar-refractivity contribution in [2.75, 3.05) is 6.54 Å². The van der Waals surface area contributed by atoms with Gasteiger partial charge in [0.1, 0.15) is 11.9 Å². The Morgan fingerprint density at radius 1 is 1.33 bits per heavy atom. The maximum absolute atomic E-state index is 12.0. The van der Waals surface area contributed by atoms with Crippen molar-refractivity contribution in [3.63, 3.8) is 0 Å². The molecule has 21 heavy (non-hydrogen) atoms. The minimum atomic E-state index is -0.837. The van der Waals surface area contributed by atoms with E-state index in [1.807, 2.05) is 37.3 Å². The Balaban J connectivity index is 1.92. The van der Waals surface area contributed by atoms with Crippen LogP contribution in [0.25, 0.3) is 6.08 Å². The molecule has 0 aliphatic carbocycles. The zero-order valence-electron chi connectivity index (χ0n) is 12.2. The molecule has 0 saturated carbocycles. The number of aliphatic hydroxyl groups excluding tert-OH is 1. The molecule has 1 atom stereocenters. The summed E-state index contributed by atoms with van der Waals surface area (Å²) in [7, 11) is 0. The largest absolute Gasteiger partial charge is 0.467 e. The minimum absolute atomic E-state index is 0.116. The van der Waals surface area contributed by atoms with Crippen LogP contribution in [0.5, 0.6) is 0 Å². The van der Waals surface area contributed by atoms with E-state index >= 15 is 0 Å². The second-order valence-corrected chi connectivity index (χ2v) is 4.98. The fourth-order valence-electron chi connectivity index (χ4n) is 1.89. The summed E-state index contributed by atoms with van der Waals surface area (Å²) < 4.78 is 5.08. The third-order valence-corrected chi connectivity index (χ3v) is 3.15. The fraction of sp³-hybridized carbons (Fsp3) is 0.235. The molecule has 0 aliphatic heterocycles. The number of aryl methyl sites for hydroxylation is 1. The minimum Gasteiger partial charge on any atom is -0.467 e. The third kappa shape index (κ3) is 4.33. The van der Waals surface area contributed by atoms with Crippen LogP contribution in [0.15, 0.2) is 52.7 Å². The molecule has 4 nitrogen and oxygen atoms in total. The molecule has 0 fully saturated rings. The highest BCUT2D eigenvalue weighted by atomic mass is 16.4. The molecule has 2 aromatic rings. The van der Waals surface area contributed by atoms with Crippen molar-refractivity contribution in [2.45, 2.75) is 20.0 Å². The predicted molar refractivity (Wildman–Crippen MR) is 81.5 cm³/mol. The van der Waals surface area contributed by atoms with E-state index in [-0.39, 0.29) is 12.5 Å². The number of carbonyl (C=O) groups is 1. The molecular formula is C17H19NO3. The van der Waals surface area contributed by atoms with E-state index in [2.05, 4.69) is 5.32 Å². The van der Waals surface area contributed by atoms with Gasteiger partial charge < -0.3 is 14.8 Å². The summed E-state index contributed by atoms with van der Waals surface area (Å²) in [6, 6.07) is 11.3. The summed E-state index contributed by atoms with van der Waals surface area (Å²) in [5, 5.41) is 12.5. The summed E-state index contributed by atoms with van der Waals surface area (Å²) in [4.78, 5) is 12.0. The van der Waals surface area contributed by atoms with Gasteiger partial charge >= 0.3 is 0 Å². The molecule has 4 heteroatoms. The van der Waals surface area contributed by atoms with E-state index < -0.39 is 6.10 Å². The number of hydrogen-bond acceptors (Lipinski definition) is 3. The van der Waals surface area contributed by atoms with Gasteiger partial charge in [0.15, 0.2) is 0 Å². The van der Waals surface area contributed by atoms with E-state index in [0.29, 0.717) is 11.3 Å². The first-order valence-electron chi connectivity index (χ1n) is 6.81. The summed E-state index contributed by atoms with van der Waals surface area (Å²) in [6.45, 7) is 3.88. The molecule has 0 saturated heterocycles. The van der Waals surface area contributed by atoms with Gasteiger partial charge in [-0.25, -0.2) is 0 Å². The smallest absolute Gasteiger partial charge is 0.247 e. The van der Waals surface area contributed by atoms with Crippen molar-refractivity contribution in [3.8, 4) is 0 Å². The first kappa shape index (κ1) is 15.1. The van der Waals surface area contributed by atoms with E-state index in [0.717, 1.165) is 5.56 Å². The molecule has 2 rings (SSSR count). The zero-order chi connectivity index (χ0) is 15.2. The molecule has 1 aromatic carbocycles. The second-order valence-electron chi connectivity index (χ2n) is 4.98. The third-order valence-electron chi connectivity index (χ3n) is 3.15. The summed E-state index contributed by atoms with van der Waals surface area (Å²) in [6.07, 6.45) is 2.47. The normalized spacial score (nSPS) is 13.0. The van der Waals surface area contributed by atoms with Crippen molar-refractivity contribution < 1.29 is 14.3 Å². The zero-order valence-corrected chi connectivity index (χ0v) is 12.2. The Kier molecular flexibility index (Phi) is 4.95. The average molecular weight is 285 g/mol. The highest BCUT2D eigenvalue weighted by molar-refractivity contribution is 5.97. The number of carbonyl (C=O) groups excluding carboxylic acids is 1. The van der Waals surface area contributed by atoms with E-state index in [4.69, 9.17) is 4.42 Å². The van der Waals surface area contributed by atoms with Crippen LogP contribution in [0.4, 0.5) is 0 Å². The van der Waals surface area contributed by atoms with E-state index in [1.54, 1.807) is 19.1 Å². The lowest BCUT2D eigenvalue weighted by Crippen LogP contribution is -2.28. The van der Waals surface area contributed by atoms with Crippen LogP contribution < -0.4 is 5.32 Å². The highest BCUT2D eigenvalue weighted by Gasteiger charge is 2.12. The number of hydrogen-bond donors (Lipinski definition) is 2. The summed E-state index contributed by atoms with van der Waals surface area (Å²) in [5.74, 6) is 0.233. The summed E-state index contributed by atoms with van der Waals surface area (Å²) >= 11 is 0. The van der Waals surface area contributed by atoms with Crippen LogP contribution in [0.1, 0.15) is 29.9 Å². The first-order valence-corrected chi connectivity index (χ1v) is 6.81. The van der Waals surface area contributed by atoms with Crippen LogP contribution in [0.3, 0.4) is 0 Å². The highest BCUT2D eigenvalue weighted by Crippen LogP contribution is 2.12. The molecule has 1 heterocycles. The Labute approximate surface area is 124 Å². The van der Waals surface area contributed by atoms with Crippen LogP contribution in [0, 0.1) is 6.92 Å². The fourth-order valence-corrected chi connectivity index (χ4v) is 1.89. The Bertz CT molecular complexity index is 612. The molecule has 1 aromatic heterocycles. The lowest BCUT2D eigenvalue weighted by atomic mass is 10.1. The second kappa shape index (κ2) is 6.90. The molecule has 110 valence electrons. The van der Waals surface area contributed by atoms with Crippen molar-refractivity contribution in [2.24, 2.45) is 0 Å². The van der Waals surface area contributed by atoms with Crippen LogP contribution in [0.2, 0.25) is 0 Å². The van der Waals surface area contributed by atoms with Gasteiger partial charge in [-0.3, -0.25) is 4.79 Å². The lowest BCUT2D eigenvalue weighted by Gasteiger charge is -2.09. The Morgan fingerprint density at radius 2 is 2.05 bits per heavy atom. The van der Waals surface area contributed by atoms with Gasteiger partial charge in [0.2, 0.25) is 5.91 Å². The molecule has 0 bridgehead atoms. The lowest BCUT2D eigenvalue weighted by molar-refractivity contribution is -0.117. The summed E-state index contributed by atoms with van der Waals surface area (Å²) in [5.41, 5.74) is 2.74. The SMILES string of the molecule is C/C(=C/c1ccc(C)cc1)C(=O)NCC(O)c1ccco1. The van der Waals surface area contributed by atoms with Crippen molar-refractivity contribution in [1.82, 2.24) is 5.32 Å². The van der Waals surface area contributed by atoms with Crippen LogP contribution >= 0.6 is 0 Å². The quantitative estimate of drug-likeness (QED) is 0.830. The van der Waals surface area contributed by atoms with Gasteiger partial charge in [-0.1, -0.05) is 29.8 Å². The molecule has 1 amide bonds. The molecule has 2 N–H and O–H groups in total. The van der Waals surface area contributed by atoms with E-state index in [1.165, 1.54) is 11.8 Å². The predicted octanol–water partition coefficient (Wildman–Crippen LogP) is 2.84. The molecule has 0 spiro atoms. The number of aliphatic hydroxyl groups is 1. The molecule has 0 aliphatic rings. The van der Waals surface area contributed by atoms with Crippen LogP contribution in [-0.4, -0.2) is 17.6 Å². The van der Waals surface area contributed by atoms with Gasteiger partial charge in [-0.05, 0) is 37.6 Å².